The topological polar surface area (TPSA) is 64.6 Å². The van der Waals surface area contributed by atoms with Gasteiger partial charge in [0.15, 0.2) is 0 Å². The number of methoxy groups -OCH3 is 2. The van der Waals surface area contributed by atoms with Crippen LogP contribution in [-0.2, 0) is 14.3 Å². The molecule has 1 rings (SSSR count). The Morgan fingerprint density at radius 1 is 1.11 bits per heavy atom. The summed E-state index contributed by atoms with van der Waals surface area (Å²) in [5.74, 6) is -0.670. The number of carbonyl (C=O) groups excluding carboxylic acids is 2. The molecule has 0 unspecified atom stereocenters. The third-order valence-electron chi connectivity index (χ3n) is 2.05. The molecule has 0 aromatic heterocycles. The van der Waals surface area contributed by atoms with Crippen molar-refractivity contribution in [2.75, 3.05) is 14.2 Å². The molecule has 1 aromatic rings. The molecule has 6 heteroatoms. The van der Waals surface area contributed by atoms with Crippen LogP contribution in [0.25, 0.3) is 4.48 Å². The van der Waals surface area contributed by atoms with Crippen molar-refractivity contribution in [3.05, 3.63) is 41.6 Å². The summed E-state index contributed by atoms with van der Waals surface area (Å²) in [5, 5.41) is 2.31. The molecule has 0 aliphatic heterocycles. The number of halogens is 1. The zero-order valence-corrected chi connectivity index (χ0v) is 11.5. The Bertz CT molecular complexity index is 470. The van der Waals surface area contributed by atoms with Crippen molar-refractivity contribution in [1.82, 2.24) is 5.32 Å². The molecule has 0 spiro atoms. The molecule has 0 bridgehead atoms. The predicted octanol–water partition coefficient (Wildman–Crippen LogP) is 2.28. The quantitative estimate of drug-likeness (QED) is 0.687. The molecular formula is C12H12BrNO4. The van der Waals surface area contributed by atoms with Gasteiger partial charge in [0.25, 0.3) is 0 Å². The average Bonchev–Trinajstić information content (AvgIpc) is 2.43. The summed E-state index contributed by atoms with van der Waals surface area (Å²) in [6, 6.07) is 9.03. The standard InChI is InChI=1S/C12H12BrNO4/c1-17-11(15)10(14-12(16)18-2)9(13)8-6-4-3-5-7-8/h3-7H,1-2H3,(H,14,16). The molecule has 0 fully saturated rings. The van der Waals surface area contributed by atoms with Crippen LogP contribution < -0.4 is 5.32 Å². The molecule has 0 saturated carbocycles. The highest BCUT2D eigenvalue weighted by Gasteiger charge is 2.18. The minimum atomic E-state index is -0.747. The Morgan fingerprint density at radius 3 is 2.22 bits per heavy atom. The van der Waals surface area contributed by atoms with Crippen molar-refractivity contribution in [3.63, 3.8) is 0 Å². The second kappa shape index (κ2) is 6.80. The Morgan fingerprint density at radius 2 is 1.72 bits per heavy atom. The van der Waals surface area contributed by atoms with E-state index in [-0.39, 0.29) is 5.70 Å². The van der Waals surface area contributed by atoms with Crippen LogP contribution >= 0.6 is 15.9 Å². The lowest BCUT2D eigenvalue weighted by Crippen LogP contribution is -2.28. The summed E-state index contributed by atoms with van der Waals surface area (Å²) in [6.07, 6.45) is -0.747. The van der Waals surface area contributed by atoms with E-state index in [1.807, 2.05) is 18.2 Å². The number of esters is 1. The SMILES string of the molecule is COC(=O)NC(C(=O)OC)=C(Br)c1ccccc1. The predicted molar refractivity (Wildman–Crippen MR) is 69.8 cm³/mol. The number of ether oxygens (including phenoxy) is 2. The zero-order chi connectivity index (χ0) is 13.5. The minimum absolute atomic E-state index is 0.0180. The third-order valence-corrected chi connectivity index (χ3v) is 2.90. The Kier molecular flexibility index (Phi) is 5.38. The van der Waals surface area contributed by atoms with Crippen LogP contribution in [0.1, 0.15) is 5.56 Å². The fourth-order valence-corrected chi connectivity index (χ4v) is 1.70. The van der Waals surface area contributed by atoms with Crippen LogP contribution in [0, 0.1) is 0 Å². The Labute approximate surface area is 113 Å². The molecule has 18 heavy (non-hydrogen) atoms. The Balaban J connectivity index is 3.15. The van der Waals surface area contributed by atoms with Gasteiger partial charge in [0.05, 0.1) is 18.7 Å². The van der Waals surface area contributed by atoms with Gasteiger partial charge in [-0.2, -0.15) is 0 Å². The number of benzene rings is 1. The van der Waals surface area contributed by atoms with Gasteiger partial charge < -0.3 is 9.47 Å². The van der Waals surface area contributed by atoms with E-state index in [4.69, 9.17) is 0 Å². The van der Waals surface area contributed by atoms with Crippen LogP contribution in [0.4, 0.5) is 4.79 Å². The molecule has 1 N–H and O–H groups in total. The van der Waals surface area contributed by atoms with Gasteiger partial charge in [0.1, 0.15) is 5.70 Å². The largest absolute Gasteiger partial charge is 0.464 e. The van der Waals surface area contributed by atoms with Gasteiger partial charge in [-0.25, -0.2) is 9.59 Å². The highest BCUT2D eigenvalue weighted by molar-refractivity contribution is 9.15. The van der Waals surface area contributed by atoms with Crippen molar-refractivity contribution in [2.24, 2.45) is 0 Å². The van der Waals surface area contributed by atoms with Gasteiger partial charge in [0, 0.05) is 0 Å². The van der Waals surface area contributed by atoms with Crippen LogP contribution in [0.2, 0.25) is 0 Å². The number of nitrogens with one attached hydrogen (secondary N) is 1. The molecule has 5 nitrogen and oxygen atoms in total. The van der Waals surface area contributed by atoms with E-state index < -0.39 is 12.1 Å². The third kappa shape index (κ3) is 3.59. The van der Waals surface area contributed by atoms with Gasteiger partial charge in [-0.1, -0.05) is 30.3 Å². The first kappa shape index (κ1) is 14.2. The molecule has 0 saturated heterocycles. The highest BCUT2D eigenvalue weighted by atomic mass is 79.9. The molecule has 1 amide bonds. The van der Waals surface area contributed by atoms with E-state index in [2.05, 4.69) is 30.7 Å². The van der Waals surface area contributed by atoms with E-state index in [1.54, 1.807) is 12.1 Å². The molecule has 1 aromatic carbocycles. The summed E-state index contributed by atoms with van der Waals surface area (Å²) in [4.78, 5) is 22.8. The number of carbonyl (C=O) groups is 2. The summed E-state index contributed by atoms with van der Waals surface area (Å²) in [5.41, 5.74) is 0.713. The van der Waals surface area contributed by atoms with Crippen molar-refractivity contribution in [2.45, 2.75) is 0 Å². The monoisotopic (exact) mass is 313 g/mol. The van der Waals surface area contributed by atoms with Crippen molar-refractivity contribution >= 4 is 32.5 Å². The normalized spacial score (nSPS) is 11.3. The van der Waals surface area contributed by atoms with Crippen LogP contribution in [0.3, 0.4) is 0 Å². The average molecular weight is 314 g/mol. The van der Waals surface area contributed by atoms with E-state index in [9.17, 15) is 9.59 Å². The molecule has 96 valence electrons. The minimum Gasteiger partial charge on any atom is -0.464 e. The van der Waals surface area contributed by atoms with Crippen LogP contribution in [-0.4, -0.2) is 26.3 Å². The maximum atomic E-state index is 11.6. The first-order valence-corrected chi connectivity index (χ1v) is 5.78. The maximum Gasteiger partial charge on any atom is 0.411 e. The summed E-state index contributed by atoms with van der Waals surface area (Å²) >= 11 is 3.26. The fourth-order valence-electron chi connectivity index (χ4n) is 1.18. The van der Waals surface area contributed by atoms with Crippen molar-refractivity contribution in [1.29, 1.82) is 0 Å². The lowest BCUT2D eigenvalue weighted by Gasteiger charge is -2.10. The molecule has 0 aliphatic rings. The molecule has 0 atom stereocenters. The van der Waals surface area contributed by atoms with Crippen LogP contribution in [0.15, 0.2) is 36.0 Å². The highest BCUT2D eigenvalue weighted by Crippen LogP contribution is 2.24. The summed E-state index contributed by atoms with van der Waals surface area (Å²) in [7, 11) is 2.44. The first-order valence-electron chi connectivity index (χ1n) is 4.98. The van der Waals surface area contributed by atoms with E-state index >= 15 is 0 Å². The Hall–Kier alpha value is -1.82. The lowest BCUT2D eigenvalue weighted by molar-refractivity contribution is -0.136. The van der Waals surface area contributed by atoms with Gasteiger partial charge in [-0.15, -0.1) is 0 Å². The second-order valence-electron chi connectivity index (χ2n) is 3.16. The van der Waals surface area contributed by atoms with E-state index in [1.165, 1.54) is 14.2 Å². The van der Waals surface area contributed by atoms with Gasteiger partial charge in [-0.3, -0.25) is 5.32 Å². The van der Waals surface area contributed by atoms with Gasteiger partial charge >= 0.3 is 12.1 Å². The van der Waals surface area contributed by atoms with Crippen LogP contribution in [0.5, 0.6) is 0 Å². The number of rotatable bonds is 3. The number of hydrogen-bond donors (Lipinski definition) is 1. The fraction of sp³-hybridized carbons (Fsp3) is 0.167. The summed E-state index contributed by atoms with van der Waals surface area (Å²) in [6.45, 7) is 0. The second-order valence-corrected chi connectivity index (χ2v) is 3.96. The van der Waals surface area contributed by atoms with Crippen molar-refractivity contribution in [3.8, 4) is 0 Å². The molecule has 0 aliphatic carbocycles. The zero-order valence-electron chi connectivity index (χ0n) is 9.90. The first-order chi connectivity index (χ1) is 8.60. The van der Waals surface area contributed by atoms with E-state index in [0.717, 1.165) is 5.56 Å². The number of amides is 1. The molecule has 0 radical (unpaired) electrons. The van der Waals surface area contributed by atoms with E-state index in [0.29, 0.717) is 4.48 Å². The number of alkyl carbamates (subject to hydrolysis) is 1. The summed E-state index contributed by atoms with van der Waals surface area (Å²) < 4.78 is 9.47. The number of hydrogen-bond acceptors (Lipinski definition) is 4. The maximum absolute atomic E-state index is 11.6. The van der Waals surface area contributed by atoms with Crippen molar-refractivity contribution < 1.29 is 19.1 Å². The smallest absolute Gasteiger partial charge is 0.411 e. The molecule has 0 heterocycles. The molecular weight excluding hydrogens is 302 g/mol. The van der Waals surface area contributed by atoms with Gasteiger partial charge in [0.2, 0.25) is 0 Å². The lowest BCUT2D eigenvalue weighted by atomic mass is 10.2. The van der Waals surface area contributed by atoms with Gasteiger partial charge in [-0.05, 0) is 21.5 Å².